The van der Waals surface area contributed by atoms with Gasteiger partial charge in [0.15, 0.2) is 6.61 Å². The first kappa shape index (κ1) is 19.5. The van der Waals surface area contributed by atoms with Crippen LogP contribution in [0, 0.1) is 10.1 Å². The number of nitro benzene ring substituents is 1. The average molecular weight is 399 g/mol. The van der Waals surface area contributed by atoms with Crippen molar-refractivity contribution in [3.8, 4) is 5.75 Å². The summed E-state index contributed by atoms with van der Waals surface area (Å²) in [6.45, 7) is -0.621. The van der Waals surface area contributed by atoms with E-state index in [2.05, 4.69) is 5.32 Å². The van der Waals surface area contributed by atoms with Crippen molar-refractivity contribution in [3.05, 3.63) is 62.1 Å². The van der Waals surface area contributed by atoms with Gasteiger partial charge in [0, 0.05) is 17.2 Å². The number of anilines is 1. The van der Waals surface area contributed by atoms with Crippen LogP contribution in [-0.2, 0) is 9.53 Å². The van der Waals surface area contributed by atoms with Crippen molar-refractivity contribution in [2.75, 3.05) is 19.0 Å². The number of ether oxygens (including phenoxy) is 2. The highest BCUT2D eigenvalue weighted by molar-refractivity contribution is 6.36. The van der Waals surface area contributed by atoms with E-state index in [4.69, 9.17) is 32.7 Å². The van der Waals surface area contributed by atoms with E-state index in [0.717, 1.165) is 6.07 Å². The van der Waals surface area contributed by atoms with Crippen molar-refractivity contribution in [1.29, 1.82) is 0 Å². The molecule has 0 fully saturated rings. The molecule has 0 saturated heterocycles. The molecule has 0 bridgehead atoms. The molecular formula is C16H12Cl2N2O6. The summed E-state index contributed by atoms with van der Waals surface area (Å²) < 4.78 is 9.86. The molecule has 26 heavy (non-hydrogen) atoms. The van der Waals surface area contributed by atoms with Crippen molar-refractivity contribution >= 4 is 46.5 Å². The standard InChI is InChI=1S/C16H12Cl2N2O6/c1-25-14-5-3-10(20(23)24)7-11(14)16(22)26-8-15(21)19-13-4-2-9(17)6-12(13)18/h2-7H,8H2,1H3,(H,19,21). The van der Waals surface area contributed by atoms with E-state index >= 15 is 0 Å². The summed E-state index contributed by atoms with van der Waals surface area (Å²) in [4.78, 5) is 34.2. The number of esters is 1. The van der Waals surface area contributed by atoms with Crippen molar-refractivity contribution in [2.45, 2.75) is 0 Å². The molecule has 2 rings (SSSR count). The predicted octanol–water partition coefficient (Wildman–Crippen LogP) is 3.71. The summed E-state index contributed by atoms with van der Waals surface area (Å²) in [5.41, 5.74) is -0.181. The maximum atomic E-state index is 12.1. The molecule has 0 aromatic heterocycles. The molecule has 10 heteroatoms. The number of nitrogens with zero attached hydrogens (tertiary/aromatic N) is 1. The van der Waals surface area contributed by atoms with E-state index in [9.17, 15) is 19.7 Å². The second kappa shape index (κ2) is 8.50. The van der Waals surface area contributed by atoms with E-state index in [1.165, 1.54) is 37.4 Å². The Balaban J connectivity index is 2.05. The van der Waals surface area contributed by atoms with Gasteiger partial charge in [-0.15, -0.1) is 0 Å². The summed E-state index contributed by atoms with van der Waals surface area (Å²) in [6.07, 6.45) is 0. The zero-order chi connectivity index (χ0) is 19.3. The molecular weight excluding hydrogens is 387 g/mol. The minimum absolute atomic E-state index is 0.0850. The van der Waals surface area contributed by atoms with Crippen LogP contribution in [0.5, 0.6) is 5.75 Å². The van der Waals surface area contributed by atoms with E-state index in [1.54, 1.807) is 0 Å². The highest BCUT2D eigenvalue weighted by Crippen LogP contribution is 2.26. The lowest BCUT2D eigenvalue weighted by Gasteiger charge is -2.10. The Hall–Kier alpha value is -2.84. The Morgan fingerprint density at radius 1 is 1.19 bits per heavy atom. The van der Waals surface area contributed by atoms with Crippen LogP contribution in [0.4, 0.5) is 11.4 Å². The van der Waals surface area contributed by atoms with Crippen LogP contribution >= 0.6 is 23.2 Å². The molecule has 0 spiro atoms. The number of hydrogen-bond donors (Lipinski definition) is 1. The first-order valence-electron chi connectivity index (χ1n) is 7.06. The third kappa shape index (κ3) is 4.84. The molecule has 2 aromatic carbocycles. The lowest BCUT2D eigenvalue weighted by Crippen LogP contribution is -2.21. The molecule has 136 valence electrons. The maximum Gasteiger partial charge on any atom is 0.342 e. The third-order valence-electron chi connectivity index (χ3n) is 3.15. The summed E-state index contributed by atoms with van der Waals surface area (Å²) >= 11 is 11.7. The summed E-state index contributed by atoms with van der Waals surface area (Å²) in [6, 6.07) is 7.93. The molecule has 0 aliphatic carbocycles. The van der Waals surface area contributed by atoms with E-state index in [1.807, 2.05) is 0 Å². The summed E-state index contributed by atoms with van der Waals surface area (Å²) in [5, 5.41) is 13.9. The molecule has 0 atom stereocenters. The number of rotatable bonds is 6. The molecule has 0 aliphatic rings. The fraction of sp³-hybridized carbons (Fsp3) is 0.125. The van der Waals surface area contributed by atoms with Crippen LogP contribution in [0.15, 0.2) is 36.4 Å². The minimum atomic E-state index is -0.942. The second-order valence-corrected chi connectivity index (χ2v) is 5.73. The lowest BCUT2D eigenvalue weighted by molar-refractivity contribution is -0.384. The van der Waals surface area contributed by atoms with Gasteiger partial charge in [-0.25, -0.2) is 4.79 Å². The average Bonchev–Trinajstić information content (AvgIpc) is 2.61. The number of amides is 1. The number of carbonyl (C=O) groups excluding carboxylic acids is 2. The summed E-state index contributed by atoms with van der Waals surface area (Å²) in [5.74, 6) is -1.50. The molecule has 8 nitrogen and oxygen atoms in total. The Kier molecular flexibility index (Phi) is 6.37. The number of nitro groups is 1. The molecule has 0 radical (unpaired) electrons. The van der Waals surface area contributed by atoms with Gasteiger partial charge in [-0.3, -0.25) is 14.9 Å². The van der Waals surface area contributed by atoms with E-state index in [0.29, 0.717) is 10.7 Å². The number of nitrogens with one attached hydrogen (secondary N) is 1. The largest absolute Gasteiger partial charge is 0.496 e. The Morgan fingerprint density at radius 3 is 2.54 bits per heavy atom. The first-order chi connectivity index (χ1) is 12.3. The highest BCUT2D eigenvalue weighted by Gasteiger charge is 2.20. The van der Waals surface area contributed by atoms with Crippen LogP contribution in [0.3, 0.4) is 0 Å². The molecule has 1 amide bonds. The van der Waals surface area contributed by atoms with Crippen molar-refractivity contribution < 1.29 is 24.0 Å². The van der Waals surface area contributed by atoms with Crippen LogP contribution < -0.4 is 10.1 Å². The normalized spacial score (nSPS) is 10.1. The first-order valence-corrected chi connectivity index (χ1v) is 7.82. The monoisotopic (exact) mass is 398 g/mol. The van der Waals surface area contributed by atoms with Crippen molar-refractivity contribution in [2.24, 2.45) is 0 Å². The van der Waals surface area contributed by atoms with Crippen LogP contribution in [0.2, 0.25) is 10.0 Å². The van der Waals surface area contributed by atoms with Gasteiger partial charge in [0.25, 0.3) is 11.6 Å². The molecule has 0 heterocycles. The van der Waals surface area contributed by atoms with E-state index in [-0.39, 0.29) is 22.0 Å². The molecule has 0 aliphatic heterocycles. The Bertz CT molecular complexity index is 872. The summed E-state index contributed by atoms with van der Waals surface area (Å²) in [7, 11) is 1.30. The minimum Gasteiger partial charge on any atom is -0.496 e. The lowest BCUT2D eigenvalue weighted by atomic mass is 10.2. The van der Waals surface area contributed by atoms with Crippen molar-refractivity contribution in [1.82, 2.24) is 0 Å². The zero-order valence-electron chi connectivity index (χ0n) is 13.3. The van der Waals surface area contributed by atoms with E-state index < -0.39 is 23.4 Å². The zero-order valence-corrected chi connectivity index (χ0v) is 14.8. The van der Waals surface area contributed by atoms with Gasteiger partial charge in [-0.2, -0.15) is 0 Å². The maximum absolute atomic E-state index is 12.1. The van der Waals surface area contributed by atoms with Crippen LogP contribution in [-0.4, -0.2) is 30.5 Å². The fourth-order valence-corrected chi connectivity index (χ4v) is 2.41. The van der Waals surface area contributed by atoms with Gasteiger partial charge in [-0.1, -0.05) is 23.2 Å². The van der Waals surface area contributed by atoms with Gasteiger partial charge in [0.1, 0.15) is 11.3 Å². The van der Waals surface area contributed by atoms with Gasteiger partial charge < -0.3 is 14.8 Å². The Morgan fingerprint density at radius 2 is 1.92 bits per heavy atom. The molecule has 0 unspecified atom stereocenters. The number of methoxy groups -OCH3 is 1. The van der Waals surface area contributed by atoms with Gasteiger partial charge in [-0.05, 0) is 24.3 Å². The smallest absolute Gasteiger partial charge is 0.342 e. The second-order valence-electron chi connectivity index (χ2n) is 4.89. The van der Waals surface area contributed by atoms with Crippen LogP contribution in [0.25, 0.3) is 0 Å². The number of benzene rings is 2. The highest BCUT2D eigenvalue weighted by atomic mass is 35.5. The van der Waals surface area contributed by atoms with Gasteiger partial charge in [0.05, 0.1) is 22.7 Å². The Labute approximate surface area is 157 Å². The third-order valence-corrected chi connectivity index (χ3v) is 3.70. The SMILES string of the molecule is COc1ccc([N+](=O)[O-])cc1C(=O)OCC(=O)Nc1ccc(Cl)cc1Cl. The van der Waals surface area contributed by atoms with Gasteiger partial charge >= 0.3 is 5.97 Å². The van der Waals surface area contributed by atoms with Crippen LogP contribution in [0.1, 0.15) is 10.4 Å². The molecule has 1 N–H and O–H groups in total. The molecule has 0 saturated carbocycles. The topological polar surface area (TPSA) is 108 Å². The van der Waals surface area contributed by atoms with Crippen molar-refractivity contribution in [3.63, 3.8) is 0 Å². The number of non-ortho nitro benzene ring substituents is 1. The number of hydrogen-bond acceptors (Lipinski definition) is 6. The fourth-order valence-electron chi connectivity index (χ4n) is 1.96. The number of carbonyl (C=O) groups is 2. The quantitative estimate of drug-likeness (QED) is 0.451. The predicted molar refractivity (Wildman–Crippen MR) is 95.0 cm³/mol. The van der Waals surface area contributed by atoms with Gasteiger partial charge in [0.2, 0.25) is 0 Å². The number of halogens is 2. The molecule has 2 aromatic rings.